The number of ether oxygens (including phenoxy) is 1. The fraction of sp³-hybridized carbons (Fsp3) is 0.471. The third kappa shape index (κ3) is 6.30. The number of carbonyl (C=O) groups excluding carboxylic acids is 1. The van der Waals surface area contributed by atoms with Gasteiger partial charge in [-0.25, -0.2) is 9.18 Å². The summed E-state index contributed by atoms with van der Waals surface area (Å²) in [5, 5.41) is 3.27. The number of hydrogen-bond donors (Lipinski definition) is 3. The van der Waals surface area contributed by atoms with Crippen molar-refractivity contribution < 1.29 is 26.9 Å². The molecule has 0 radical (unpaired) electrons. The van der Waals surface area contributed by atoms with Gasteiger partial charge < -0.3 is 15.0 Å². The summed E-state index contributed by atoms with van der Waals surface area (Å²) in [4.78, 5) is 15.0. The van der Waals surface area contributed by atoms with Gasteiger partial charge in [0.2, 0.25) is 0 Å². The highest BCUT2D eigenvalue weighted by Crippen LogP contribution is 2.21. The molecule has 0 aliphatic carbocycles. The summed E-state index contributed by atoms with van der Waals surface area (Å²) in [5.74, 6) is -0.964. The largest absolute Gasteiger partial charge is 0.444 e. The molecule has 0 fully saturated rings. The molecule has 0 spiro atoms. The van der Waals surface area contributed by atoms with Gasteiger partial charge in [-0.1, -0.05) is 0 Å². The number of H-pyrrole nitrogens is 1. The van der Waals surface area contributed by atoms with Gasteiger partial charge in [-0.15, -0.1) is 0 Å². The third-order valence-electron chi connectivity index (χ3n) is 3.62. The van der Waals surface area contributed by atoms with Crippen molar-refractivity contribution in [1.82, 2.24) is 10.3 Å². The molecule has 1 atom stereocenters. The first kappa shape index (κ1) is 20.2. The highest BCUT2D eigenvalue weighted by molar-refractivity contribution is 7.85. The second-order valence-electron chi connectivity index (χ2n) is 7.13. The number of benzene rings is 1. The Balaban J connectivity index is 2.22. The van der Waals surface area contributed by atoms with Crippen molar-refractivity contribution in [3.05, 3.63) is 35.8 Å². The number of amides is 1. The first-order valence-electron chi connectivity index (χ1n) is 8.13. The van der Waals surface area contributed by atoms with Crippen molar-refractivity contribution in [3.8, 4) is 0 Å². The number of carbonyl (C=O) groups is 1. The molecule has 1 aromatic carbocycles. The standard InChI is InChI=1S/C17H23FN2O5S/c1-17(2,3)25-16(21)20-14(5-7-26(22,23)24)10-12-9-13(18)8-11-4-6-19-15(11)12/h4,6,8-9,14,19H,5,7,10H2,1-3H3,(H,20,21)(H,22,23,24). The molecular formula is C17H23FN2O5S. The van der Waals surface area contributed by atoms with Gasteiger partial charge in [0, 0.05) is 23.1 Å². The van der Waals surface area contributed by atoms with Crippen LogP contribution in [-0.2, 0) is 21.3 Å². The Kier molecular flexibility index (Phi) is 5.92. The third-order valence-corrected chi connectivity index (χ3v) is 4.37. The lowest BCUT2D eigenvalue weighted by molar-refractivity contribution is 0.0503. The van der Waals surface area contributed by atoms with Crippen molar-refractivity contribution in [2.45, 2.75) is 45.3 Å². The number of aromatic amines is 1. The molecule has 7 nitrogen and oxygen atoms in total. The van der Waals surface area contributed by atoms with Crippen molar-refractivity contribution in [2.75, 3.05) is 5.75 Å². The quantitative estimate of drug-likeness (QED) is 0.661. The smallest absolute Gasteiger partial charge is 0.407 e. The molecule has 0 saturated heterocycles. The second-order valence-corrected chi connectivity index (χ2v) is 8.70. The zero-order chi connectivity index (χ0) is 19.5. The van der Waals surface area contributed by atoms with Gasteiger partial charge in [0.15, 0.2) is 0 Å². The Bertz CT molecular complexity index is 886. The van der Waals surface area contributed by atoms with E-state index in [1.165, 1.54) is 12.1 Å². The molecule has 144 valence electrons. The molecule has 0 aliphatic heterocycles. The first-order chi connectivity index (χ1) is 11.9. The van der Waals surface area contributed by atoms with Crippen LogP contribution in [0.3, 0.4) is 0 Å². The average Bonchev–Trinajstić information content (AvgIpc) is 2.90. The monoisotopic (exact) mass is 386 g/mol. The number of fused-ring (bicyclic) bond motifs is 1. The van der Waals surface area contributed by atoms with E-state index in [9.17, 15) is 17.6 Å². The van der Waals surface area contributed by atoms with E-state index in [2.05, 4.69) is 10.3 Å². The molecule has 1 amide bonds. The molecule has 0 saturated carbocycles. The summed E-state index contributed by atoms with van der Waals surface area (Å²) < 4.78 is 50.2. The summed E-state index contributed by atoms with van der Waals surface area (Å²) >= 11 is 0. The molecule has 26 heavy (non-hydrogen) atoms. The van der Waals surface area contributed by atoms with Crippen LogP contribution in [0.1, 0.15) is 32.8 Å². The fourth-order valence-electron chi connectivity index (χ4n) is 2.63. The van der Waals surface area contributed by atoms with E-state index < -0.39 is 39.4 Å². The number of halogens is 1. The van der Waals surface area contributed by atoms with E-state index >= 15 is 0 Å². The average molecular weight is 386 g/mol. The molecule has 1 aromatic heterocycles. The van der Waals surface area contributed by atoms with Gasteiger partial charge in [0.1, 0.15) is 11.4 Å². The van der Waals surface area contributed by atoms with E-state index in [4.69, 9.17) is 9.29 Å². The summed E-state index contributed by atoms with van der Waals surface area (Å²) in [6.07, 6.45) is 1.08. The number of alkyl carbamates (subject to hydrolysis) is 1. The minimum absolute atomic E-state index is 0.0448. The highest BCUT2D eigenvalue weighted by atomic mass is 32.2. The predicted molar refractivity (Wildman–Crippen MR) is 96.2 cm³/mol. The van der Waals surface area contributed by atoms with Crippen molar-refractivity contribution in [3.63, 3.8) is 0 Å². The summed E-state index contributed by atoms with van der Waals surface area (Å²) in [5.41, 5.74) is 0.569. The van der Waals surface area contributed by atoms with Crippen LogP contribution in [-0.4, -0.2) is 41.4 Å². The zero-order valence-electron chi connectivity index (χ0n) is 14.9. The van der Waals surface area contributed by atoms with Gasteiger partial charge in [-0.05, 0) is 57.4 Å². The maximum Gasteiger partial charge on any atom is 0.407 e. The minimum atomic E-state index is -4.20. The predicted octanol–water partition coefficient (Wildman–Crippen LogP) is 3.02. The van der Waals surface area contributed by atoms with Crippen LogP contribution in [0.15, 0.2) is 24.4 Å². The van der Waals surface area contributed by atoms with E-state index in [-0.39, 0.29) is 12.8 Å². The fourth-order valence-corrected chi connectivity index (χ4v) is 3.21. The normalized spacial score (nSPS) is 13.6. The Morgan fingerprint density at radius 3 is 2.69 bits per heavy atom. The van der Waals surface area contributed by atoms with E-state index in [0.29, 0.717) is 16.5 Å². The molecule has 2 aromatic rings. The van der Waals surface area contributed by atoms with Gasteiger partial charge in [0.05, 0.1) is 5.75 Å². The van der Waals surface area contributed by atoms with Crippen LogP contribution in [0.5, 0.6) is 0 Å². The molecule has 9 heteroatoms. The zero-order valence-corrected chi connectivity index (χ0v) is 15.7. The van der Waals surface area contributed by atoms with Crippen LogP contribution in [0.2, 0.25) is 0 Å². The topological polar surface area (TPSA) is 108 Å². The maximum atomic E-state index is 13.8. The highest BCUT2D eigenvalue weighted by Gasteiger charge is 2.22. The Morgan fingerprint density at radius 2 is 2.08 bits per heavy atom. The Hall–Kier alpha value is -2.13. The number of rotatable bonds is 6. The second kappa shape index (κ2) is 7.63. The van der Waals surface area contributed by atoms with Gasteiger partial charge >= 0.3 is 6.09 Å². The summed E-state index contributed by atoms with van der Waals surface area (Å²) in [7, 11) is -4.20. The lowest BCUT2D eigenvalue weighted by Gasteiger charge is -2.23. The van der Waals surface area contributed by atoms with Crippen LogP contribution in [0, 0.1) is 5.82 Å². The molecule has 0 bridgehead atoms. The SMILES string of the molecule is CC(C)(C)OC(=O)NC(CCS(=O)(=O)O)Cc1cc(F)cc2cc[nH]c12. The molecule has 1 heterocycles. The van der Waals surface area contributed by atoms with Crippen molar-refractivity contribution >= 4 is 27.1 Å². The number of aromatic nitrogens is 1. The van der Waals surface area contributed by atoms with E-state index in [1.54, 1.807) is 33.0 Å². The van der Waals surface area contributed by atoms with Crippen LogP contribution in [0.25, 0.3) is 10.9 Å². The number of nitrogens with one attached hydrogen (secondary N) is 2. The molecule has 1 unspecified atom stereocenters. The van der Waals surface area contributed by atoms with E-state index in [0.717, 1.165) is 0 Å². The van der Waals surface area contributed by atoms with Crippen molar-refractivity contribution in [2.24, 2.45) is 0 Å². The lowest BCUT2D eigenvalue weighted by Crippen LogP contribution is -2.41. The van der Waals surface area contributed by atoms with Crippen LogP contribution >= 0.6 is 0 Å². The Morgan fingerprint density at radius 1 is 1.38 bits per heavy atom. The molecular weight excluding hydrogens is 363 g/mol. The molecule has 2 rings (SSSR count). The minimum Gasteiger partial charge on any atom is -0.444 e. The van der Waals surface area contributed by atoms with Crippen LogP contribution < -0.4 is 5.32 Å². The van der Waals surface area contributed by atoms with Gasteiger partial charge in [0.25, 0.3) is 10.1 Å². The van der Waals surface area contributed by atoms with Crippen LogP contribution in [0.4, 0.5) is 9.18 Å². The first-order valence-corrected chi connectivity index (χ1v) is 9.74. The van der Waals surface area contributed by atoms with Gasteiger partial charge in [-0.3, -0.25) is 4.55 Å². The molecule has 0 aliphatic rings. The number of hydrogen-bond acceptors (Lipinski definition) is 4. The maximum absolute atomic E-state index is 13.8. The summed E-state index contributed by atoms with van der Waals surface area (Å²) in [6, 6.07) is 3.76. The van der Waals surface area contributed by atoms with Gasteiger partial charge in [-0.2, -0.15) is 8.42 Å². The van der Waals surface area contributed by atoms with E-state index in [1.807, 2.05) is 0 Å². The Labute approximate surface area is 151 Å². The summed E-state index contributed by atoms with van der Waals surface area (Å²) in [6.45, 7) is 5.11. The molecule has 3 N–H and O–H groups in total. The van der Waals surface area contributed by atoms with Crippen molar-refractivity contribution in [1.29, 1.82) is 0 Å². The lowest BCUT2D eigenvalue weighted by atomic mass is 10.0.